The molecule has 0 saturated heterocycles. The van der Waals surface area contributed by atoms with E-state index in [0.29, 0.717) is 12.1 Å². The van der Waals surface area contributed by atoms with Gasteiger partial charge in [0.15, 0.2) is 0 Å². The van der Waals surface area contributed by atoms with Crippen LogP contribution >= 0.6 is 0 Å². The van der Waals surface area contributed by atoms with Gasteiger partial charge in [0.1, 0.15) is 18.7 Å². The van der Waals surface area contributed by atoms with Crippen molar-refractivity contribution in [3.63, 3.8) is 0 Å². The molecule has 0 spiro atoms. The van der Waals surface area contributed by atoms with Crippen LogP contribution < -0.4 is 10.6 Å². The van der Waals surface area contributed by atoms with Crippen molar-refractivity contribution in [3.05, 3.63) is 12.7 Å². The maximum atomic E-state index is 12.0. The smallest absolute Gasteiger partial charge is 0.244 e. The van der Waals surface area contributed by atoms with Crippen LogP contribution in [0.5, 0.6) is 0 Å². The van der Waals surface area contributed by atoms with Gasteiger partial charge in [0, 0.05) is 12.1 Å². The summed E-state index contributed by atoms with van der Waals surface area (Å²) in [6.07, 6.45) is 7.35. The molecule has 1 heterocycles. The van der Waals surface area contributed by atoms with E-state index in [1.165, 1.54) is 6.33 Å². The first-order chi connectivity index (χ1) is 8.70. The molecule has 1 atom stereocenters. The maximum absolute atomic E-state index is 12.0. The van der Waals surface area contributed by atoms with Gasteiger partial charge in [-0.05, 0) is 39.7 Å². The quantitative estimate of drug-likeness (QED) is 0.816. The number of hydrogen-bond donors (Lipinski definition) is 2. The van der Waals surface area contributed by atoms with E-state index in [0.717, 1.165) is 25.7 Å². The maximum Gasteiger partial charge on any atom is 0.244 e. The number of nitrogens with zero attached hydrogens (tertiary/aromatic N) is 3. The Bertz CT molecular complexity index is 370. The summed E-state index contributed by atoms with van der Waals surface area (Å²) in [6, 6.07) is 0.605. The van der Waals surface area contributed by atoms with Gasteiger partial charge in [0.25, 0.3) is 0 Å². The second kappa shape index (κ2) is 5.95. The van der Waals surface area contributed by atoms with E-state index >= 15 is 0 Å². The standard InChI is InChI=1S/C12H21N5O/c1-9(17-8-14-7-15-17)12(18)16-11-5-3-10(13-2)4-6-11/h7-11,13H,3-6H2,1-2H3,(H,16,18). The van der Waals surface area contributed by atoms with Gasteiger partial charge in [0.2, 0.25) is 5.91 Å². The molecule has 1 unspecified atom stereocenters. The van der Waals surface area contributed by atoms with Crippen LogP contribution in [0.15, 0.2) is 12.7 Å². The summed E-state index contributed by atoms with van der Waals surface area (Å²) in [4.78, 5) is 15.9. The Morgan fingerprint density at radius 1 is 1.33 bits per heavy atom. The minimum atomic E-state index is -0.297. The predicted molar refractivity (Wildman–Crippen MR) is 68.0 cm³/mol. The molecule has 6 heteroatoms. The van der Waals surface area contributed by atoms with Crippen molar-refractivity contribution in [3.8, 4) is 0 Å². The number of nitrogens with one attached hydrogen (secondary N) is 2. The lowest BCUT2D eigenvalue weighted by molar-refractivity contribution is -0.125. The molecular formula is C12H21N5O. The molecule has 1 aliphatic carbocycles. The van der Waals surface area contributed by atoms with Crippen LogP contribution in [0.25, 0.3) is 0 Å². The third-order valence-corrected chi connectivity index (χ3v) is 3.69. The van der Waals surface area contributed by atoms with Gasteiger partial charge in [-0.2, -0.15) is 5.10 Å². The van der Waals surface area contributed by atoms with Crippen LogP contribution in [0, 0.1) is 0 Å². The fourth-order valence-corrected chi connectivity index (χ4v) is 2.39. The molecule has 18 heavy (non-hydrogen) atoms. The number of hydrogen-bond acceptors (Lipinski definition) is 4. The fraction of sp³-hybridized carbons (Fsp3) is 0.750. The van der Waals surface area contributed by atoms with E-state index in [9.17, 15) is 4.79 Å². The first-order valence-corrected chi connectivity index (χ1v) is 6.52. The highest BCUT2D eigenvalue weighted by molar-refractivity contribution is 5.80. The summed E-state index contributed by atoms with van der Waals surface area (Å²) in [5.74, 6) is 0.0217. The minimum absolute atomic E-state index is 0.0217. The molecule has 0 bridgehead atoms. The summed E-state index contributed by atoms with van der Waals surface area (Å²) in [5, 5.41) is 10.4. The van der Waals surface area contributed by atoms with Gasteiger partial charge < -0.3 is 10.6 Å². The zero-order valence-corrected chi connectivity index (χ0v) is 11.0. The molecule has 0 aromatic carbocycles. The monoisotopic (exact) mass is 251 g/mol. The number of rotatable bonds is 4. The van der Waals surface area contributed by atoms with Crippen molar-refractivity contribution in [2.24, 2.45) is 0 Å². The largest absolute Gasteiger partial charge is 0.352 e. The normalized spacial score (nSPS) is 25.7. The van der Waals surface area contributed by atoms with Gasteiger partial charge in [-0.15, -0.1) is 0 Å². The number of aromatic nitrogens is 3. The molecule has 1 aromatic rings. The Labute approximate surface area is 107 Å². The highest BCUT2D eigenvalue weighted by atomic mass is 16.2. The van der Waals surface area contributed by atoms with Gasteiger partial charge >= 0.3 is 0 Å². The lowest BCUT2D eigenvalue weighted by atomic mass is 9.91. The Balaban J connectivity index is 1.81. The third-order valence-electron chi connectivity index (χ3n) is 3.69. The number of amides is 1. The van der Waals surface area contributed by atoms with Crippen LogP contribution in [0.4, 0.5) is 0 Å². The molecule has 0 aliphatic heterocycles. The van der Waals surface area contributed by atoms with E-state index in [2.05, 4.69) is 20.7 Å². The van der Waals surface area contributed by atoms with Gasteiger partial charge in [0.05, 0.1) is 0 Å². The van der Waals surface area contributed by atoms with Crippen molar-refractivity contribution in [2.75, 3.05) is 7.05 Å². The van der Waals surface area contributed by atoms with Crippen molar-refractivity contribution in [2.45, 2.75) is 50.7 Å². The second-order valence-corrected chi connectivity index (χ2v) is 4.90. The zero-order chi connectivity index (χ0) is 13.0. The minimum Gasteiger partial charge on any atom is -0.352 e. The lowest BCUT2D eigenvalue weighted by Crippen LogP contribution is -2.43. The van der Waals surface area contributed by atoms with E-state index in [4.69, 9.17) is 0 Å². The van der Waals surface area contributed by atoms with Crippen LogP contribution in [0.1, 0.15) is 38.6 Å². The first kappa shape index (κ1) is 13.0. The van der Waals surface area contributed by atoms with Crippen molar-refractivity contribution in [1.29, 1.82) is 0 Å². The zero-order valence-electron chi connectivity index (χ0n) is 11.0. The van der Waals surface area contributed by atoms with Crippen molar-refractivity contribution in [1.82, 2.24) is 25.4 Å². The van der Waals surface area contributed by atoms with E-state index in [1.54, 1.807) is 11.0 Å². The molecule has 1 aromatic heterocycles. The summed E-state index contributed by atoms with van der Waals surface area (Å²) in [5.41, 5.74) is 0. The third kappa shape index (κ3) is 3.07. The Kier molecular flexibility index (Phi) is 4.30. The predicted octanol–water partition coefficient (Wildman–Crippen LogP) is 0.486. The van der Waals surface area contributed by atoms with Crippen molar-refractivity contribution < 1.29 is 4.79 Å². The Morgan fingerprint density at radius 2 is 2.00 bits per heavy atom. The molecule has 1 fully saturated rings. The van der Waals surface area contributed by atoms with Crippen LogP contribution in [0.3, 0.4) is 0 Å². The molecular weight excluding hydrogens is 230 g/mol. The van der Waals surface area contributed by atoms with Crippen LogP contribution in [-0.2, 0) is 4.79 Å². The van der Waals surface area contributed by atoms with E-state index < -0.39 is 0 Å². The SMILES string of the molecule is CNC1CCC(NC(=O)C(C)n2cncn2)CC1. The summed E-state index contributed by atoms with van der Waals surface area (Å²) in [6.45, 7) is 1.84. The highest BCUT2D eigenvalue weighted by Crippen LogP contribution is 2.18. The topological polar surface area (TPSA) is 71.8 Å². The molecule has 1 aliphatic rings. The van der Waals surface area contributed by atoms with Gasteiger partial charge in [-0.3, -0.25) is 4.79 Å². The first-order valence-electron chi connectivity index (χ1n) is 6.52. The molecule has 2 N–H and O–H groups in total. The molecule has 2 rings (SSSR count). The Hall–Kier alpha value is -1.43. The summed E-state index contributed by atoms with van der Waals surface area (Å²) in [7, 11) is 2.00. The molecule has 0 radical (unpaired) electrons. The average molecular weight is 251 g/mol. The van der Waals surface area contributed by atoms with Gasteiger partial charge in [-0.25, -0.2) is 9.67 Å². The Morgan fingerprint density at radius 3 is 2.56 bits per heavy atom. The number of carbonyl (C=O) groups is 1. The molecule has 6 nitrogen and oxygen atoms in total. The van der Waals surface area contributed by atoms with Crippen LogP contribution in [0.2, 0.25) is 0 Å². The van der Waals surface area contributed by atoms with E-state index in [1.807, 2.05) is 14.0 Å². The summed E-state index contributed by atoms with van der Waals surface area (Å²) < 4.78 is 1.58. The highest BCUT2D eigenvalue weighted by Gasteiger charge is 2.23. The van der Waals surface area contributed by atoms with Crippen LogP contribution in [-0.4, -0.2) is 39.8 Å². The fourth-order valence-electron chi connectivity index (χ4n) is 2.39. The van der Waals surface area contributed by atoms with Crippen molar-refractivity contribution >= 4 is 5.91 Å². The average Bonchev–Trinajstić information content (AvgIpc) is 2.92. The van der Waals surface area contributed by atoms with Gasteiger partial charge in [-0.1, -0.05) is 0 Å². The summed E-state index contributed by atoms with van der Waals surface area (Å²) >= 11 is 0. The molecule has 100 valence electrons. The number of carbonyl (C=O) groups excluding carboxylic acids is 1. The molecule has 1 saturated carbocycles. The van der Waals surface area contributed by atoms with E-state index in [-0.39, 0.29) is 11.9 Å². The second-order valence-electron chi connectivity index (χ2n) is 4.90. The lowest BCUT2D eigenvalue weighted by Gasteiger charge is -2.29. The molecule has 1 amide bonds.